The molecule has 0 radical (unpaired) electrons. The molecule has 1 fully saturated rings. The zero-order chi connectivity index (χ0) is 17.0. The van der Waals surface area contributed by atoms with Crippen LogP contribution < -0.4 is 4.90 Å². The van der Waals surface area contributed by atoms with E-state index < -0.39 is 22.4 Å². The fourth-order valence-electron chi connectivity index (χ4n) is 2.56. The van der Waals surface area contributed by atoms with Gasteiger partial charge in [0.2, 0.25) is 0 Å². The largest absolute Gasteiger partial charge is 0.423 e. The van der Waals surface area contributed by atoms with Crippen LogP contribution in [0.4, 0.5) is 24.5 Å². The second-order valence-corrected chi connectivity index (χ2v) is 5.28. The van der Waals surface area contributed by atoms with Gasteiger partial charge in [-0.1, -0.05) is 0 Å². The molecule has 0 aliphatic carbocycles. The second-order valence-electron chi connectivity index (χ2n) is 5.28. The number of halogens is 3. The van der Waals surface area contributed by atoms with Crippen LogP contribution in [0.25, 0.3) is 0 Å². The average Bonchev–Trinajstić information content (AvgIpc) is 2.52. The smallest absolute Gasteiger partial charge is 0.383 e. The quantitative estimate of drug-likeness (QED) is 0.612. The first-order valence-corrected chi connectivity index (χ1v) is 7.15. The molecule has 0 bridgehead atoms. The molecular formula is C14H18F3N3O3. The van der Waals surface area contributed by atoms with Crippen LogP contribution in [0.15, 0.2) is 18.2 Å². The van der Waals surface area contributed by atoms with Gasteiger partial charge in [-0.25, -0.2) is 0 Å². The molecule has 6 nitrogen and oxygen atoms in total. The molecule has 23 heavy (non-hydrogen) atoms. The maximum Gasteiger partial charge on any atom is 0.423 e. The van der Waals surface area contributed by atoms with Crippen molar-refractivity contribution in [2.45, 2.75) is 6.18 Å². The van der Waals surface area contributed by atoms with Crippen molar-refractivity contribution < 1.29 is 22.8 Å². The average molecular weight is 333 g/mol. The van der Waals surface area contributed by atoms with Crippen molar-refractivity contribution >= 4 is 11.4 Å². The number of nitro benzene ring substituents is 1. The lowest BCUT2D eigenvalue weighted by atomic mass is 10.1. The summed E-state index contributed by atoms with van der Waals surface area (Å²) in [6.45, 7) is 3.94. The van der Waals surface area contributed by atoms with Crippen LogP contribution in [0.2, 0.25) is 0 Å². The van der Waals surface area contributed by atoms with E-state index in [-0.39, 0.29) is 0 Å². The van der Waals surface area contributed by atoms with Crippen molar-refractivity contribution in [2.75, 3.05) is 51.3 Å². The highest BCUT2D eigenvalue weighted by Crippen LogP contribution is 2.38. The maximum absolute atomic E-state index is 13.0. The van der Waals surface area contributed by atoms with E-state index in [9.17, 15) is 23.3 Å². The number of hydrogen-bond donors (Lipinski definition) is 0. The lowest BCUT2D eigenvalue weighted by Crippen LogP contribution is -2.47. The van der Waals surface area contributed by atoms with Crippen LogP contribution in [-0.4, -0.2) is 56.3 Å². The minimum atomic E-state index is -4.75. The standard InChI is InChI=1S/C14H18F3N3O3/c1-23-9-8-18-4-6-19(7-5-18)11-2-3-13(20(21)22)12(10-11)14(15,16)17/h2-3,10H,4-9H2,1H3. The van der Waals surface area contributed by atoms with Gasteiger partial charge in [-0.15, -0.1) is 0 Å². The number of rotatable bonds is 5. The molecule has 9 heteroatoms. The van der Waals surface area contributed by atoms with Crippen molar-refractivity contribution in [3.8, 4) is 0 Å². The summed E-state index contributed by atoms with van der Waals surface area (Å²) in [4.78, 5) is 13.7. The molecule has 1 aliphatic rings. The van der Waals surface area contributed by atoms with E-state index in [1.54, 1.807) is 7.11 Å². The molecule has 0 aromatic heterocycles. The number of piperazine rings is 1. The van der Waals surface area contributed by atoms with Crippen molar-refractivity contribution in [2.24, 2.45) is 0 Å². The van der Waals surface area contributed by atoms with Crippen molar-refractivity contribution in [1.29, 1.82) is 0 Å². The molecule has 1 aliphatic heterocycles. The maximum atomic E-state index is 13.0. The van der Waals surface area contributed by atoms with Gasteiger partial charge in [0.25, 0.3) is 5.69 Å². The molecule has 0 atom stereocenters. The van der Waals surface area contributed by atoms with Crippen molar-refractivity contribution in [1.82, 2.24) is 4.90 Å². The van der Waals surface area contributed by atoms with E-state index in [4.69, 9.17) is 4.74 Å². The molecule has 1 aromatic carbocycles. The van der Waals surface area contributed by atoms with Crippen LogP contribution in [0.3, 0.4) is 0 Å². The SMILES string of the molecule is COCCN1CCN(c2ccc([N+](=O)[O-])c(C(F)(F)F)c2)CC1. The molecular weight excluding hydrogens is 315 g/mol. The molecule has 128 valence electrons. The van der Waals surface area contributed by atoms with Gasteiger partial charge in [0.1, 0.15) is 5.56 Å². The zero-order valence-corrected chi connectivity index (χ0v) is 12.7. The van der Waals surface area contributed by atoms with Gasteiger partial charge >= 0.3 is 6.18 Å². The number of benzene rings is 1. The third-order valence-corrected chi connectivity index (χ3v) is 3.83. The molecule has 0 spiro atoms. The highest BCUT2D eigenvalue weighted by molar-refractivity contribution is 5.57. The molecule has 1 heterocycles. The minimum Gasteiger partial charge on any atom is -0.383 e. The van der Waals surface area contributed by atoms with Crippen LogP contribution in [0.1, 0.15) is 5.56 Å². The molecule has 0 unspecified atom stereocenters. The lowest BCUT2D eigenvalue weighted by Gasteiger charge is -2.36. The Morgan fingerprint density at radius 2 is 1.91 bits per heavy atom. The Balaban J connectivity index is 2.14. The Morgan fingerprint density at radius 3 is 2.43 bits per heavy atom. The summed E-state index contributed by atoms with van der Waals surface area (Å²) in [5.41, 5.74) is -1.77. The third-order valence-electron chi connectivity index (χ3n) is 3.83. The van der Waals surface area contributed by atoms with E-state index in [0.29, 0.717) is 38.5 Å². The molecule has 0 saturated carbocycles. The fraction of sp³-hybridized carbons (Fsp3) is 0.571. The summed E-state index contributed by atoms with van der Waals surface area (Å²) in [6.07, 6.45) is -4.75. The van der Waals surface area contributed by atoms with Crippen LogP contribution in [0, 0.1) is 10.1 Å². The van der Waals surface area contributed by atoms with Gasteiger partial charge in [-0.05, 0) is 12.1 Å². The van der Waals surface area contributed by atoms with E-state index in [1.165, 1.54) is 6.07 Å². The first-order valence-electron chi connectivity index (χ1n) is 7.15. The zero-order valence-electron chi connectivity index (χ0n) is 12.7. The highest BCUT2D eigenvalue weighted by atomic mass is 19.4. The number of methoxy groups -OCH3 is 1. The summed E-state index contributed by atoms with van der Waals surface area (Å²) >= 11 is 0. The molecule has 0 N–H and O–H groups in total. The molecule has 1 saturated heterocycles. The number of anilines is 1. The van der Waals surface area contributed by atoms with E-state index in [0.717, 1.165) is 18.7 Å². The highest BCUT2D eigenvalue weighted by Gasteiger charge is 2.38. The topological polar surface area (TPSA) is 58.8 Å². The summed E-state index contributed by atoms with van der Waals surface area (Å²) in [5.74, 6) is 0. The Bertz CT molecular complexity index is 558. The summed E-state index contributed by atoms with van der Waals surface area (Å²) in [5, 5.41) is 10.8. The molecule has 2 rings (SSSR count). The second kappa shape index (κ2) is 7.14. The van der Waals surface area contributed by atoms with E-state index >= 15 is 0 Å². The van der Waals surface area contributed by atoms with Crippen LogP contribution >= 0.6 is 0 Å². The van der Waals surface area contributed by atoms with E-state index in [2.05, 4.69) is 4.90 Å². The Hall–Kier alpha value is -1.87. The van der Waals surface area contributed by atoms with Crippen LogP contribution in [-0.2, 0) is 10.9 Å². The number of nitro groups is 1. The first-order chi connectivity index (χ1) is 10.8. The number of hydrogen-bond acceptors (Lipinski definition) is 5. The lowest BCUT2D eigenvalue weighted by molar-refractivity contribution is -0.388. The normalized spacial score (nSPS) is 16.6. The summed E-state index contributed by atoms with van der Waals surface area (Å²) in [6, 6.07) is 3.16. The number of ether oxygens (including phenoxy) is 1. The monoisotopic (exact) mass is 333 g/mol. The summed E-state index contributed by atoms with van der Waals surface area (Å²) in [7, 11) is 1.62. The van der Waals surface area contributed by atoms with Gasteiger partial charge < -0.3 is 9.64 Å². The summed E-state index contributed by atoms with van der Waals surface area (Å²) < 4.78 is 44.0. The Morgan fingerprint density at radius 1 is 1.26 bits per heavy atom. The van der Waals surface area contributed by atoms with E-state index in [1.807, 2.05) is 4.90 Å². The van der Waals surface area contributed by atoms with Gasteiger partial charge in [-0.2, -0.15) is 13.2 Å². The van der Waals surface area contributed by atoms with Gasteiger partial charge in [-0.3, -0.25) is 15.0 Å². The first kappa shape index (κ1) is 17.5. The Kier molecular flexibility index (Phi) is 5.42. The number of alkyl halides is 3. The minimum absolute atomic E-state index is 0.356. The predicted molar refractivity (Wildman–Crippen MR) is 78.6 cm³/mol. The third kappa shape index (κ3) is 4.32. The van der Waals surface area contributed by atoms with Gasteiger partial charge in [0.15, 0.2) is 0 Å². The molecule has 1 aromatic rings. The predicted octanol–water partition coefficient (Wildman–Crippen LogP) is 2.38. The van der Waals surface area contributed by atoms with Crippen molar-refractivity contribution in [3.63, 3.8) is 0 Å². The fourth-order valence-corrected chi connectivity index (χ4v) is 2.56. The van der Waals surface area contributed by atoms with Crippen molar-refractivity contribution in [3.05, 3.63) is 33.9 Å². The molecule has 0 amide bonds. The van der Waals surface area contributed by atoms with Crippen LogP contribution in [0.5, 0.6) is 0 Å². The Labute approximate surface area is 131 Å². The van der Waals surface area contributed by atoms with Gasteiger partial charge in [0.05, 0.1) is 11.5 Å². The number of nitrogens with zero attached hydrogens (tertiary/aromatic N) is 3. The van der Waals surface area contributed by atoms with Gasteiger partial charge in [0, 0.05) is 51.6 Å².